The Kier molecular flexibility index (Phi) is 5.25. The number of benzene rings is 1. The van der Waals surface area contributed by atoms with E-state index in [1.807, 2.05) is 6.07 Å². The summed E-state index contributed by atoms with van der Waals surface area (Å²) < 4.78 is 52.5. The fourth-order valence-corrected chi connectivity index (χ4v) is 3.99. The lowest BCUT2D eigenvalue weighted by atomic mass is 10.0. The third kappa shape index (κ3) is 4.56. The van der Waals surface area contributed by atoms with Crippen LogP contribution in [0.2, 0.25) is 0 Å². The van der Waals surface area contributed by atoms with Crippen molar-refractivity contribution in [3.63, 3.8) is 0 Å². The standard InChI is InChI=1S/C22H21F2N3O3S/c1-22(23,24)21-25-12-16-19(26-21)17(14-6-4-3-5-7-14)13-27(20(16)28)18(15-8-9-15)10-11-31(2,29)30/h3-7,10-13,15,18H,8-9H2,1-2H3/b11-10+. The molecular weight excluding hydrogens is 424 g/mol. The molecular formula is C22H21F2N3O3S. The van der Waals surface area contributed by atoms with Crippen molar-refractivity contribution in [2.24, 2.45) is 5.92 Å². The molecule has 0 spiro atoms. The molecule has 1 saturated carbocycles. The van der Waals surface area contributed by atoms with Crippen LogP contribution in [0.3, 0.4) is 0 Å². The average Bonchev–Trinajstić information content (AvgIpc) is 3.53. The van der Waals surface area contributed by atoms with Gasteiger partial charge in [-0.1, -0.05) is 36.4 Å². The molecule has 1 aromatic carbocycles. The largest absolute Gasteiger partial charge is 0.307 e. The summed E-state index contributed by atoms with van der Waals surface area (Å²) in [5, 5.41) is 1.21. The number of fused-ring (bicyclic) bond motifs is 1. The quantitative estimate of drug-likeness (QED) is 0.571. The van der Waals surface area contributed by atoms with Crippen molar-refractivity contribution in [1.82, 2.24) is 14.5 Å². The molecule has 1 atom stereocenters. The molecule has 2 heterocycles. The van der Waals surface area contributed by atoms with Gasteiger partial charge in [-0.3, -0.25) is 4.79 Å². The second kappa shape index (κ2) is 7.64. The number of alkyl halides is 2. The number of pyridine rings is 1. The van der Waals surface area contributed by atoms with Crippen molar-refractivity contribution in [3.05, 3.63) is 70.4 Å². The summed E-state index contributed by atoms with van der Waals surface area (Å²) >= 11 is 0. The van der Waals surface area contributed by atoms with E-state index >= 15 is 0 Å². The van der Waals surface area contributed by atoms with E-state index in [-0.39, 0.29) is 16.8 Å². The molecule has 1 aliphatic carbocycles. The van der Waals surface area contributed by atoms with Crippen LogP contribution in [0.4, 0.5) is 8.78 Å². The Labute approximate surface area is 178 Å². The highest BCUT2D eigenvalue weighted by Crippen LogP contribution is 2.41. The minimum atomic E-state index is -3.38. The van der Waals surface area contributed by atoms with Gasteiger partial charge < -0.3 is 4.57 Å². The first-order chi connectivity index (χ1) is 14.5. The van der Waals surface area contributed by atoms with E-state index in [1.165, 1.54) is 10.6 Å². The maximum Gasteiger partial charge on any atom is 0.303 e. The summed E-state index contributed by atoms with van der Waals surface area (Å²) in [6.45, 7) is 0.705. The molecule has 6 nitrogen and oxygen atoms in total. The lowest BCUT2D eigenvalue weighted by Crippen LogP contribution is -2.26. The zero-order valence-corrected chi connectivity index (χ0v) is 17.8. The third-order valence-corrected chi connectivity index (χ3v) is 5.86. The van der Waals surface area contributed by atoms with E-state index in [1.54, 1.807) is 30.5 Å². The molecule has 1 fully saturated rings. The minimum absolute atomic E-state index is 0.104. The third-order valence-electron chi connectivity index (χ3n) is 5.20. The van der Waals surface area contributed by atoms with Crippen molar-refractivity contribution < 1.29 is 17.2 Å². The van der Waals surface area contributed by atoms with E-state index in [2.05, 4.69) is 9.97 Å². The summed E-state index contributed by atoms with van der Waals surface area (Å²) in [5.74, 6) is -3.80. The number of hydrogen-bond donors (Lipinski definition) is 0. The van der Waals surface area contributed by atoms with Crippen molar-refractivity contribution in [3.8, 4) is 11.1 Å². The number of rotatable bonds is 6. The first-order valence-electron chi connectivity index (χ1n) is 9.78. The molecule has 0 aliphatic heterocycles. The monoisotopic (exact) mass is 445 g/mol. The summed E-state index contributed by atoms with van der Waals surface area (Å²) in [7, 11) is -3.38. The second-order valence-corrected chi connectivity index (χ2v) is 9.88. The fourth-order valence-electron chi connectivity index (χ4n) is 3.54. The molecule has 0 radical (unpaired) electrons. The SMILES string of the molecule is CC(F)(F)c1ncc2c(=O)n(C(/C=C/S(C)(=O)=O)C3CC3)cc(-c3ccccc3)c2n1. The first kappa shape index (κ1) is 21.3. The summed E-state index contributed by atoms with van der Waals surface area (Å²) in [5.41, 5.74) is 0.893. The lowest BCUT2D eigenvalue weighted by molar-refractivity contribution is 0.00806. The fraction of sp³-hybridized carbons (Fsp3) is 0.318. The van der Waals surface area contributed by atoms with Gasteiger partial charge in [0, 0.05) is 36.5 Å². The smallest absolute Gasteiger partial charge is 0.303 e. The van der Waals surface area contributed by atoms with Crippen LogP contribution in [0, 0.1) is 5.92 Å². The van der Waals surface area contributed by atoms with Gasteiger partial charge >= 0.3 is 5.92 Å². The highest BCUT2D eigenvalue weighted by molar-refractivity contribution is 7.93. The van der Waals surface area contributed by atoms with Gasteiger partial charge in [0.2, 0.25) is 0 Å². The van der Waals surface area contributed by atoms with Gasteiger partial charge in [-0.25, -0.2) is 18.4 Å². The van der Waals surface area contributed by atoms with Gasteiger partial charge in [0.05, 0.1) is 16.9 Å². The molecule has 0 amide bonds. The van der Waals surface area contributed by atoms with Gasteiger partial charge in [0.1, 0.15) is 0 Å². The molecule has 1 unspecified atom stereocenters. The van der Waals surface area contributed by atoms with E-state index in [4.69, 9.17) is 0 Å². The van der Waals surface area contributed by atoms with Crippen LogP contribution in [-0.4, -0.2) is 29.2 Å². The lowest BCUT2D eigenvalue weighted by Gasteiger charge is -2.19. The average molecular weight is 445 g/mol. The van der Waals surface area contributed by atoms with Crippen LogP contribution >= 0.6 is 0 Å². The number of hydrogen-bond acceptors (Lipinski definition) is 5. The Balaban J connectivity index is 2.01. The Morgan fingerprint density at radius 3 is 2.48 bits per heavy atom. The van der Waals surface area contributed by atoms with Crippen LogP contribution in [0.1, 0.15) is 31.6 Å². The summed E-state index contributed by atoms with van der Waals surface area (Å²) in [6, 6.07) is 8.55. The van der Waals surface area contributed by atoms with E-state index in [9.17, 15) is 22.0 Å². The van der Waals surface area contributed by atoms with Gasteiger partial charge in [0.25, 0.3) is 5.56 Å². The van der Waals surface area contributed by atoms with Gasteiger partial charge in [-0.2, -0.15) is 8.78 Å². The van der Waals surface area contributed by atoms with Crippen LogP contribution in [0.15, 0.2) is 59.0 Å². The summed E-state index contributed by atoms with van der Waals surface area (Å²) in [6.07, 6.45) is 7.05. The molecule has 0 N–H and O–H groups in total. The highest BCUT2D eigenvalue weighted by Gasteiger charge is 2.33. The maximum absolute atomic E-state index is 13.9. The molecule has 31 heavy (non-hydrogen) atoms. The van der Waals surface area contributed by atoms with E-state index in [0.29, 0.717) is 18.1 Å². The topological polar surface area (TPSA) is 81.9 Å². The minimum Gasteiger partial charge on any atom is -0.307 e. The second-order valence-electron chi connectivity index (χ2n) is 7.95. The van der Waals surface area contributed by atoms with Gasteiger partial charge in [0.15, 0.2) is 15.7 Å². The van der Waals surface area contributed by atoms with Crippen LogP contribution in [-0.2, 0) is 15.8 Å². The Hall–Kier alpha value is -2.94. The van der Waals surface area contributed by atoms with Crippen LogP contribution in [0.25, 0.3) is 22.0 Å². The Morgan fingerprint density at radius 2 is 1.90 bits per heavy atom. The van der Waals surface area contributed by atoms with Gasteiger partial charge in [-0.05, 0) is 24.3 Å². The number of allylic oxidation sites excluding steroid dienone is 1. The van der Waals surface area contributed by atoms with E-state index < -0.39 is 33.2 Å². The van der Waals surface area contributed by atoms with Gasteiger partial charge in [-0.15, -0.1) is 0 Å². The van der Waals surface area contributed by atoms with Crippen LogP contribution in [0.5, 0.6) is 0 Å². The normalized spacial score (nSPS) is 16.1. The molecule has 9 heteroatoms. The Bertz CT molecular complexity index is 1330. The number of nitrogens with zero attached hydrogens (tertiary/aromatic N) is 3. The van der Waals surface area contributed by atoms with Crippen molar-refractivity contribution in [2.45, 2.75) is 31.7 Å². The van der Waals surface area contributed by atoms with Crippen molar-refractivity contribution >= 4 is 20.7 Å². The maximum atomic E-state index is 13.9. The number of aromatic nitrogens is 3. The summed E-state index contributed by atoms with van der Waals surface area (Å²) in [4.78, 5) is 21.1. The molecule has 0 bridgehead atoms. The molecule has 1 aliphatic rings. The molecule has 162 valence electrons. The molecule has 0 saturated heterocycles. The zero-order valence-electron chi connectivity index (χ0n) is 17.0. The Morgan fingerprint density at radius 1 is 1.23 bits per heavy atom. The predicted molar refractivity (Wildman–Crippen MR) is 115 cm³/mol. The zero-order chi connectivity index (χ0) is 22.4. The predicted octanol–water partition coefficient (Wildman–Crippen LogP) is 4.08. The van der Waals surface area contributed by atoms with Crippen molar-refractivity contribution in [1.29, 1.82) is 0 Å². The number of halogens is 2. The number of sulfone groups is 1. The van der Waals surface area contributed by atoms with Crippen LogP contribution < -0.4 is 5.56 Å². The van der Waals surface area contributed by atoms with Crippen molar-refractivity contribution in [2.75, 3.05) is 6.26 Å². The first-order valence-corrected chi connectivity index (χ1v) is 11.7. The molecule has 3 aromatic rings. The molecule has 2 aromatic heterocycles. The highest BCUT2D eigenvalue weighted by atomic mass is 32.2. The van der Waals surface area contributed by atoms with E-state index in [0.717, 1.165) is 30.7 Å². The molecule has 4 rings (SSSR count).